The minimum atomic E-state index is -4.65. The number of carbonyl (C=O) groups is 1. The third-order valence-corrected chi connectivity index (χ3v) is 6.46. The highest BCUT2D eigenvalue weighted by Gasteiger charge is 2.32. The zero-order valence-corrected chi connectivity index (χ0v) is 20.9. The summed E-state index contributed by atoms with van der Waals surface area (Å²) in [6, 6.07) is 11.0. The van der Waals surface area contributed by atoms with E-state index in [0.717, 1.165) is 40.3 Å². The zero-order valence-electron chi connectivity index (χ0n) is 20.1. The van der Waals surface area contributed by atoms with Gasteiger partial charge in [-0.1, -0.05) is 6.07 Å². The minimum Gasteiger partial charge on any atom is -0.487 e. The van der Waals surface area contributed by atoms with Crippen LogP contribution in [0.5, 0.6) is 17.2 Å². The molecule has 0 aliphatic heterocycles. The van der Waals surface area contributed by atoms with Crippen molar-refractivity contribution in [2.24, 2.45) is 0 Å². The number of ether oxygens (including phenoxy) is 2. The molecule has 0 amide bonds. The lowest BCUT2D eigenvalue weighted by molar-refractivity contribution is -0.138. The molecule has 0 saturated heterocycles. The monoisotopic (exact) mass is 540 g/mol. The van der Waals surface area contributed by atoms with Gasteiger partial charge in [0.15, 0.2) is 23.1 Å². The topological polar surface area (TPSA) is 55.8 Å². The lowest BCUT2D eigenvalue weighted by Crippen LogP contribution is -2.14. The molecular weight excluding hydrogens is 515 g/mol. The maximum absolute atomic E-state index is 14.1. The summed E-state index contributed by atoms with van der Waals surface area (Å²) in [4.78, 5) is 11.8. The third-order valence-electron chi connectivity index (χ3n) is 5.43. The second-order valence-electron chi connectivity index (χ2n) is 8.38. The number of benzene rings is 3. The molecule has 0 aliphatic carbocycles. The Labute approximate surface area is 215 Å². The first kappa shape index (κ1) is 28.3. The Kier molecular flexibility index (Phi) is 9.42. The van der Waals surface area contributed by atoms with E-state index >= 15 is 0 Å². The summed E-state index contributed by atoms with van der Waals surface area (Å²) in [5.74, 6) is -2.90. The molecule has 0 aromatic heterocycles. The van der Waals surface area contributed by atoms with Crippen LogP contribution in [-0.2, 0) is 17.4 Å². The number of halogens is 5. The van der Waals surface area contributed by atoms with E-state index in [9.17, 15) is 26.7 Å². The van der Waals surface area contributed by atoms with Gasteiger partial charge in [0.25, 0.3) is 0 Å². The molecule has 0 heterocycles. The molecule has 1 atom stereocenters. The van der Waals surface area contributed by atoms with Crippen LogP contribution in [0.15, 0.2) is 59.5 Å². The number of aliphatic carboxylic acids is 1. The molecule has 3 aromatic rings. The van der Waals surface area contributed by atoms with Crippen LogP contribution < -0.4 is 9.47 Å². The summed E-state index contributed by atoms with van der Waals surface area (Å²) in [5.41, 5.74) is 0.966. The molecule has 0 bridgehead atoms. The van der Waals surface area contributed by atoms with Crippen LogP contribution in [0.25, 0.3) is 0 Å². The van der Waals surface area contributed by atoms with Gasteiger partial charge >= 0.3 is 12.1 Å². The number of carboxylic acids is 1. The molecule has 10 heteroatoms. The number of hydrogen-bond donors (Lipinski definition) is 1. The van der Waals surface area contributed by atoms with Crippen molar-refractivity contribution in [1.82, 2.24) is 0 Å². The van der Waals surface area contributed by atoms with Crippen molar-refractivity contribution in [3.63, 3.8) is 0 Å². The predicted octanol–water partition coefficient (Wildman–Crippen LogP) is 8.05. The van der Waals surface area contributed by atoms with Gasteiger partial charge in [0.05, 0.1) is 11.7 Å². The van der Waals surface area contributed by atoms with Crippen LogP contribution in [0.1, 0.15) is 36.5 Å². The maximum atomic E-state index is 14.1. The van der Waals surface area contributed by atoms with Crippen molar-refractivity contribution in [3.8, 4) is 17.2 Å². The van der Waals surface area contributed by atoms with E-state index in [1.54, 1.807) is 18.7 Å². The van der Waals surface area contributed by atoms with Crippen LogP contribution in [-0.4, -0.2) is 22.9 Å². The third kappa shape index (κ3) is 8.38. The predicted molar refractivity (Wildman–Crippen MR) is 130 cm³/mol. The Hall–Kier alpha value is -3.27. The van der Waals surface area contributed by atoms with Crippen molar-refractivity contribution in [1.29, 1.82) is 0 Å². The van der Waals surface area contributed by atoms with Crippen molar-refractivity contribution in [3.05, 3.63) is 82.9 Å². The van der Waals surface area contributed by atoms with Gasteiger partial charge < -0.3 is 14.6 Å². The van der Waals surface area contributed by atoms with Crippen molar-refractivity contribution < 1.29 is 41.3 Å². The molecule has 3 rings (SSSR count). The van der Waals surface area contributed by atoms with Crippen LogP contribution in [0.4, 0.5) is 22.0 Å². The van der Waals surface area contributed by atoms with Crippen molar-refractivity contribution in [2.75, 3.05) is 5.75 Å². The normalized spacial score (nSPS) is 12.3. The van der Waals surface area contributed by atoms with E-state index < -0.39 is 41.2 Å². The van der Waals surface area contributed by atoms with Gasteiger partial charge in [0.2, 0.25) is 0 Å². The van der Waals surface area contributed by atoms with Gasteiger partial charge in [0.1, 0.15) is 5.82 Å². The number of rotatable bonds is 11. The summed E-state index contributed by atoms with van der Waals surface area (Å²) >= 11 is 1.56. The Morgan fingerprint density at radius 2 is 1.73 bits per heavy atom. The molecule has 0 saturated carbocycles. The Morgan fingerprint density at radius 3 is 2.38 bits per heavy atom. The Balaban J connectivity index is 1.66. The molecule has 0 unspecified atom stereocenters. The fourth-order valence-corrected chi connectivity index (χ4v) is 4.55. The standard InChI is InChI=1S/C27H25F5O4S/c1-16-13-21(7-3-18(16)4-10-26(33)34)37-12-11-17(2)35-24-8-5-19(27(30,31)32)14-25(24)36-23-9-6-20(28)15-22(23)29/h3,5-9,13-15,17H,4,10-12H2,1-2H3,(H,33,34)/t17-/m0/s1. The zero-order chi connectivity index (χ0) is 27.2. The van der Waals surface area contributed by atoms with E-state index in [4.69, 9.17) is 14.6 Å². The molecule has 0 aliphatic rings. The van der Waals surface area contributed by atoms with Crippen molar-refractivity contribution in [2.45, 2.75) is 50.3 Å². The lowest BCUT2D eigenvalue weighted by atomic mass is 10.0. The lowest BCUT2D eigenvalue weighted by Gasteiger charge is -2.19. The first-order valence-corrected chi connectivity index (χ1v) is 12.4. The maximum Gasteiger partial charge on any atom is 0.416 e. The number of alkyl halides is 3. The molecule has 1 N–H and O–H groups in total. The highest BCUT2D eigenvalue weighted by molar-refractivity contribution is 7.99. The number of carboxylic acid groups (broad SMARTS) is 1. The second-order valence-corrected chi connectivity index (χ2v) is 9.55. The number of aryl methyl sites for hydroxylation is 2. The summed E-state index contributed by atoms with van der Waals surface area (Å²) < 4.78 is 78.2. The van der Waals surface area contributed by atoms with Crippen LogP contribution in [0.3, 0.4) is 0 Å². The molecule has 37 heavy (non-hydrogen) atoms. The fraction of sp³-hybridized carbons (Fsp3) is 0.296. The van der Waals surface area contributed by atoms with Gasteiger partial charge in [-0.3, -0.25) is 4.79 Å². The smallest absolute Gasteiger partial charge is 0.416 e. The quantitative estimate of drug-likeness (QED) is 0.197. The highest BCUT2D eigenvalue weighted by Crippen LogP contribution is 2.39. The number of thioether (sulfide) groups is 1. The largest absolute Gasteiger partial charge is 0.487 e. The van der Waals surface area contributed by atoms with Crippen molar-refractivity contribution >= 4 is 17.7 Å². The average Bonchev–Trinajstić information content (AvgIpc) is 2.80. The first-order chi connectivity index (χ1) is 17.4. The highest BCUT2D eigenvalue weighted by atomic mass is 32.2. The molecule has 3 aromatic carbocycles. The minimum absolute atomic E-state index is 0.00662. The summed E-state index contributed by atoms with van der Waals surface area (Å²) in [5, 5.41) is 8.85. The van der Waals surface area contributed by atoms with Gasteiger partial charge in [-0.2, -0.15) is 13.2 Å². The van der Waals surface area contributed by atoms with Crippen LogP contribution >= 0.6 is 11.8 Å². The van der Waals surface area contributed by atoms with E-state index in [2.05, 4.69) is 0 Å². The van der Waals surface area contributed by atoms with E-state index in [1.165, 1.54) is 0 Å². The van der Waals surface area contributed by atoms with Crippen LogP contribution in [0.2, 0.25) is 0 Å². The van der Waals surface area contributed by atoms with E-state index in [0.29, 0.717) is 30.7 Å². The average molecular weight is 541 g/mol. The van der Waals surface area contributed by atoms with E-state index in [1.807, 2.05) is 25.1 Å². The SMILES string of the molecule is Cc1cc(SCC[C@H](C)Oc2ccc(C(F)(F)F)cc2Oc2ccc(F)cc2F)ccc1CCC(=O)O. The Bertz CT molecular complexity index is 1250. The fourth-order valence-electron chi connectivity index (χ4n) is 3.44. The first-order valence-electron chi connectivity index (χ1n) is 11.4. The summed E-state index contributed by atoms with van der Waals surface area (Å²) in [6.45, 7) is 3.67. The van der Waals surface area contributed by atoms with Gasteiger partial charge in [-0.25, -0.2) is 8.78 Å². The van der Waals surface area contributed by atoms with Gasteiger partial charge in [-0.15, -0.1) is 11.8 Å². The molecule has 0 spiro atoms. The molecular formula is C27H25F5O4S. The van der Waals surface area contributed by atoms with Crippen LogP contribution in [0, 0.1) is 18.6 Å². The summed E-state index contributed by atoms with van der Waals surface area (Å²) in [6.07, 6.45) is -4.01. The van der Waals surface area contributed by atoms with Gasteiger partial charge in [0, 0.05) is 23.1 Å². The Morgan fingerprint density at radius 1 is 1.00 bits per heavy atom. The molecule has 198 valence electrons. The molecule has 0 radical (unpaired) electrons. The number of hydrogen-bond acceptors (Lipinski definition) is 4. The second kappa shape index (κ2) is 12.3. The molecule has 0 fully saturated rings. The molecule has 4 nitrogen and oxygen atoms in total. The van der Waals surface area contributed by atoms with Gasteiger partial charge in [-0.05, 0) is 80.3 Å². The summed E-state index contributed by atoms with van der Waals surface area (Å²) in [7, 11) is 0. The van der Waals surface area contributed by atoms with E-state index in [-0.39, 0.29) is 17.9 Å².